The van der Waals surface area contributed by atoms with Gasteiger partial charge in [0, 0.05) is 24.5 Å². The third-order valence-corrected chi connectivity index (χ3v) is 6.22. The van der Waals surface area contributed by atoms with Gasteiger partial charge in [-0.05, 0) is 18.6 Å². The quantitative estimate of drug-likeness (QED) is 0.435. The fraction of sp³-hybridized carbons (Fsp3) is 0.333. The molecule has 1 aliphatic rings. The van der Waals surface area contributed by atoms with Crippen molar-refractivity contribution < 1.29 is 31.1 Å². The molecular weight excluding hydrogens is 516 g/mol. The van der Waals surface area contributed by atoms with E-state index in [1.54, 1.807) is 6.92 Å². The molecule has 3 aromatic rings. The molecule has 6 nitrogen and oxygen atoms in total. The molecule has 0 saturated carbocycles. The Morgan fingerprint density at radius 2 is 1.79 bits per heavy atom. The number of benzene rings is 1. The van der Waals surface area contributed by atoms with Crippen LogP contribution in [0.5, 0.6) is 0 Å². The number of halogens is 7. The average Bonchev–Trinajstić information content (AvgIpc) is 3.32. The van der Waals surface area contributed by atoms with E-state index in [0.29, 0.717) is 11.3 Å². The number of amides is 1. The minimum absolute atomic E-state index is 0. The van der Waals surface area contributed by atoms with E-state index >= 15 is 0 Å². The number of alkyl halides is 6. The van der Waals surface area contributed by atoms with Gasteiger partial charge in [-0.25, -0.2) is 4.98 Å². The van der Waals surface area contributed by atoms with E-state index in [-0.39, 0.29) is 49.5 Å². The van der Waals surface area contributed by atoms with Crippen molar-refractivity contribution in [3.05, 3.63) is 50.6 Å². The molecular formula is C18H14ClF6N5OS2. The van der Waals surface area contributed by atoms with E-state index in [9.17, 15) is 31.1 Å². The number of aromatic nitrogens is 4. The van der Waals surface area contributed by atoms with Crippen LogP contribution in [0, 0.1) is 0 Å². The Kier molecular flexibility index (Phi) is 6.75. The molecule has 4 rings (SSSR count). The summed E-state index contributed by atoms with van der Waals surface area (Å²) < 4.78 is 79.3. The first-order chi connectivity index (χ1) is 14.9. The van der Waals surface area contributed by atoms with Gasteiger partial charge in [0.15, 0.2) is 10.8 Å². The van der Waals surface area contributed by atoms with Crippen LogP contribution in [0.15, 0.2) is 23.6 Å². The molecule has 33 heavy (non-hydrogen) atoms. The number of rotatable bonds is 3. The van der Waals surface area contributed by atoms with Crippen molar-refractivity contribution in [2.24, 2.45) is 0 Å². The van der Waals surface area contributed by atoms with Crippen LogP contribution in [0.25, 0.3) is 11.5 Å². The summed E-state index contributed by atoms with van der Waals surface area (Å²) in [6.45, 7) is 1.55. The molecule has 0 aliphatic carbocycles. The average molecular weight is 530 g/mol. The third-order valence-electron chi connectivity index (χ3n) is 4.88. The van der Waals surface area contributed by atoms with Gasteiger partial charge in [-0.3, -0.25) is 9.36 Å². The van der Waals surface area contributed by atoms with E-state index in [0.717, 1.165) is 6.07 Å². The van der Waals surface area contributed by atoms with Crippen molar-refractivity contribution in [3.63, 3.8) is 0 Å². The molecule has 0 N–H and O–H groups in total. The Bertz CT molecular complexity index is 1190. The maximum Gasteiger partial charge on any atom is 0.443 e. The Morgan fingerprint density at radius 3 is 2.39 bits per heavy atom. The summed E-state index contributed by atoms with van der Waals surface area (Å²) in [5, 5.41) is 7.22. The van der Waals surface area contributed by atoms with Crippen LogP contribution < -0.4 is 0 Å². The molecule has 0 saturated heterocycles. The Balaban J connectivity index is 0.00000306. The number of carbonyl (C=O) groups excluding carboxylic acids is 1. The molecule has 0 spiro atoms. The highest BCUT2D eigenvalue weighted by atomic mass is 35.5. The molecule has 3 heterocycles. The molecule has 1 amide bonds. The Morgan fingerprint density at radius 1 is 1.12 bits per heavy atom. The molecule has 1 aromatic carbocycles. The molecule has 0 unspecified atom stereocenters. The summed E-state index contributed by atoms with van der Waals surface area (Å²) in [5.74, 6) is -0.784. The summed E-state index contributed by atoms with van der Waals surface area (Å²) in [6, 6.07) is 2.90. The Hall–Kier alpha value is -2.32. The van der Waals surface area contributed by atoms with Gasteiger partial charge in [0.25, 0.3) is 5.91 Å². The zero-order chi connectivity index (χ0) is 23.4. The van der Waals surface area contributed by atoms with Crippen molar-refractivity contribution >= 4 is 42.3 Å². The van der Waals surface area contributed by atoms with Crippen molar-refractivity contribution in [2.75, 3.05) is 0 Å². The minimum atomic E-state index is -4.65. The van der Waals surface area contributed by atoms with Crippen LogP contribution in [0.3, 0.4) is 0 Å². The smallest absolute Gasteiger partial charge is 0.327 e. The lowest BCUT2D eigenvalue weighted by molar-refractivity contribution is -0.138. The number of fused-ring (bicyclic) bond motifs is 1. The van der Waals surface area contributed by atoms with E-state index in [1.165, 1.54) is 27.0 Å². The second-order valence-corrected chi connectivity index (χ2v) is 8.29. The first-order valence-electron chi connectivity index (χ1n) is 8.99. The SMILES string of the molecule is C[C@H]1Cn2c(nnc2-c2csc(C(F)(F)F)n2)C(=O)N1Cc1cccc(C(F)(F)F)c1Cl.S. The van der Waals surface area contributed by atoms with E-state index in [2.05, 4.69) is 15.2 Å². The molecule has 1 atom stereocenters. The summed E-state index contributed by atoms with van der Waals surface area (Å²) >= 11 is 6.34. The topological polar surface area (TPSA) is 63.9 Å². The second-order valence-electron chi connectivity index (χ2n) is 7.05. The molecule has 0 bridgehead atoms. The molecule has 178 valence electrons. The number of thiazole rings is 1. The van der Waals surface area contributed by atoms with Gasteiger partial charge < -0.3 is 4.90 Å². The van der Waals surface area contributed by atoms with Gasteiger partial charge in [0.05, 0.1) is 10.6 Å². The van der Waals surface area contributed by atoms with E-state index < -0.39 is 39.9 Å². The number of carbonyl (C=O) groups is 1. The van der Waals surface area contributed by atoms with Gasteiger partial charge in [0.2, 0.25) is 5.82 Å². The molecule has 0 fully saturated rings. The fourth-order valence-electron chi connectivity index (χ4n) is 3.35. The minimum Gasteiger partial charge on any atom is -0.327 e. The summed E-state index contributed by atoms with van der Waals surface area (Å²) in [6.07, 6.45) is -9.26. The normalized spacial score (nSPS) is 16.5. The van der Waals surface area contributed by atoms with Gasteiger partial charge >= 0.3 is 12.4 Å². The molecule has 1 aliphatic heterocycles. The van der Waals surface area contributed by atoms with Gasteiger partial charge in [-0.2, -0.15) is 39.8 Å². The first-order valence-corrected chi connectivity index (χ1v) is 10.3. The Labute approximate surface area is 198 Å². The number of nitrogens with zero attached hydrogens (tertiary/aromatic N) is 5. The highest BCUT2D eigenvalue weighted by Gasteiger charge is 2.38. The third kappa shape index (κ3) is 4.68. The zero-order valence-electron chi connectivity index (χ0n) is 16.5. The van der Waals surface area contributed by atoms with Crippen LogP contribution >= 0.6 is 36.4 Å². The van der Waals surface area contributed by atoms with Crippen molar-refractivity contribution in [1.82, 2.24) is 24.6 Å². The van der Waals surface area contributed by atoms with Crippen LogP contribution in [0.1, 0.15) is 33.7 Å². The maximum atomic E-state index is 13.1. The number of hydrogen-bond donors (Lipinski definition) is 0. The fourth-order valence-corrected chi connectivity index (χ4v) is 4.31. The highest BCUT2D eigenvalue weighted by molar-refractivity contribution is 7.59. The van der Waals surface area contributed by atoms with Crippen LogP contribution in [0.2, 0.25) is 5.02 Å². The lowest BCUT2D eigenvalue weighted by atomic mass is 10.1. The maximum absolute atomic E-state index is 13.1. The lowest BCUT2D eigenvalue weighted by Crippen LogP contribution is -2.46. The summed E-state index contributed by atoms with van der Waals surface area (Å²) in [5.41, 5.74) is -0.983. The monoisotopic (exact) mass is 529 g/mol. The van der Waals surface area contributed by atoms with E-state index in [1.807, 2.05) is 0 Å². The largest absolute Gasteiger partial charge is 0.443 e. The lowest BCUT2D eigenvalue weighted by Gasteiger charge is -2.34. The summed E-state index contributed by atoms with van der Waals surface area (Å²) in [4.78, 5) is 17.8. The zero-order valence-corrected chi connectivity index (χ0v) is 19.1. The highest BCUT2D eigenvalue weighted by Crippen LogP contribution is 2.38. The first kappa shape index (κ1) is 25.3. The van der Waals surface area contributed by atoms with Crippen molar-refractivity contribution in [1.29, 1.82) is 0 Å². The number of hydrogen-bond acceptors (Lipinski definition) is 5. The van der Waals surface area contributed by atoms with Crippen molar-refractivity contribution in [2.45, 2.75) is 38.4 Å². The second kappa shape index (κ2) is 8.80. The standard InChI is InChI=1S/C18H12ClF6N5OS.H2S/c1-8-5-30-13(11-7-32-16(26-11)18(23,24)25)27-28-14(30)15(31)29(8)6-9-3-2-4-10(12(9)19)17(20,21)22;/h2-4,7-8H,5-6H2,1H3;1H2/t8-;/m0./s1. The summed E-state index contributed by atoms with van der Waals surface area (Å²) in [7, 11) is 0. The predicted octanol–water partition coefficient (Wildman–Crippen LogP) is 5.25. The van der Waals surface area contributed by atoms with E-state index in [4.69, 9.17) is 11.6 Å². The predicted molar refractivity (Wildman–Crippen MR) is 112 cm³/mol. The van der Waals surface area contributed by atoms with Crippen LogP contribution in [-0.4, -0.2) is 36.6 Å². The molecule has 0 radical (unpaired) electrons. The van der Waals surface area contributed by atoms with Crippen LogP contribution in [-0.2, 0) is 25.4 Å². The molecule has 2 aromatic heterocycles. The van der Waals surface area contributed by atoms with Crippen LogP contribution in [0.4, 0.5) is 26.3 Å². The van der Waals surface area contributed by atoms with Gasteiger partial charge in [-0.1, -0.05) is 23.7 Å². The molecule has 15 heteroatoms. The van der Waals surface area contributed by atoms with Crippen molar-refractivity contribution in [3.8, 4) is 11.5 Å². The van der Waals surface area contributed by atoms with Gasteiger partial charge in [-0.15, -0.1) is 21.5 Å². The van der Waals surface area contributed by atoms with Gasteiger partial charge in [0.1, 0.15) is 5.69 Å².